The van der Waals surface area contributed by atoms with Crippen LogP contribution in [-0.2, 0) is 4.74 Å². The van der Waals surface area contributed by atoms with E-state index < -0.39 is 0 Å². The Bertz CT molecular complexity index is 1030. The Labute approximate surface area is 179 Å². The zero-order valence-electron chi connectivity index (χ0n) is 17.1. The average molecular weight is 424 g/mol. The first-order valence-electron chi connectivity index (χ1n) is 10.3. The number of ether oxygens (including phenoxy) is 1. The average Bonchev–Trinajstić information content (AvgIpc) is 3.51. The summed E-state index contributed by atoms with van der Waals surface area (Å²) < 4.78 is 7.83. The molecule has 1 saturated heterocycles. The fourth-order valence-corrected chi connectivity index (χ4v) is 5.69. The fourth-order valence-electron chi connectivity index (χ4n) is 4.92. The Morgan fingerprint density at radius 3 is 2.63 bits per heavy atom. The Balaban J connectivity index is 1.34. The van der Waals surface area contributed by atoms with Crippen molar-refractivity contribution in [1.29, 1.82) is 0 Å². The van der Waals surface area contributed by atoms with Gasteiger partial charge in [0, 0.05) is 25.8 Å². The Kier molecular flexibility index (Phi) is 5.12. The van der Waals surface area contributed by atoms with E-state index in [4.69, 9.17) is 4.74 Å². The molecule has 0 bridgehead atoms. The standard InChI is InChI=1S/C22H25N5O2S/c1-14-21(30-13-23-14)22(28)26-10-16-8-19(20(29-2)9-17(16)11-26)27-12-18(24-25-27)15-6-4-3-5-7-15/h3-7,12-13,16-17,19-20H,8-11H2,1-2H3/t16-,17+,19-,20-/m1/s1. The second-order valence-electron chi connectivity index (χ2n) is 8.26. The summed E-state index contributed by atoms with van der Waals surface area (Å²) in [5.41, 5.74) is 4.50. The van der Waals surface area contributed by atoms with Gasteiger partial charge in [0.15, 0.2) is 0 Å². The van der Waals surface area contributed by atoms with Crippen LogP contribution in [0.5, 0.6) is 0 Å². The molecule has 1 aliphatic carbocycles. The zero-order chi connectivity index (χ0) is 20.7. The predicted molar refractivity (Wildman–Crippen MR) is 114 cm³/mol. The van der Waals surface area contributed by atoms with Crippen LogP contribution in [0.25, 0.3) is 11.3 Å². The molecule has 2 fully saturated rings. The highest BCUT2D eigenvalue weighted by atomic mass is 32.1. The molecule has 7 nitrogen and oxygen atoms in total. The zero-order valence-corrected chi connectivity index (χ0v) is 18.0. The molecule has 3 heterocycles. The number of aromatic nitrogens is 4. The topological polar surface area (TPSA) is 73.1 Å². The molecule has 1 aromatic carbocycles. The van der Waals surface area contributed by atoms with E-state index in [-0.39, 0.29) is 18.1 Å². The highest BCUT2D eigenvalue weighted by Gasteiger charge is 2.45. The summed E-state index contributed by atoms with van der Waals surface area (Å²) >= 11 is 1.43. The maximum Gasteiger partial charge on any atom is 0.265 e. The molecular formula is C22H25N5O2S. The third-order valence-electron chi connectivity index (χ3n) is 6.53. The lowest BCUT2D eigenvalue weighted by atomic mass is 9.77. The van der Waals surface area contributed by atoms with Gasteiger partial charge in [-0.1, -0.05) is 35.5 Å². The maximum absolute atomic E-state index is 13.0. The van der Waals surface area contributed by atoms with Gasteiger partial charge in [-0.05, 0) is 31.6 Å². The van der Waals surface area contributed by atoms with Crippen molar-refractivity contribution in [3.63, 3.8) is 0 Å². The first kappa shape index (κ1) is 19.4. The maximum atomic E-state index is 13.0. The van der Waals surface area contributed by atoms with Gasteiger partial charge in [0.1, 0.15) is 10.6 Å². The molecule has 8 heteroatoms. The molecule has 5 rings (SSSR count). The first-order valence-corrected chi connectivity index (χ1v) is 11.2. The Hall–Kier alpha value is -2.58. The number of thiazole rings is 1. The minimum absolute atomic E-state index is 0.0664. The van der Waals surface area contributed by atoms with Gasteiger partial charge in [0.25, 0.3) is 5.91 Å². The molecule has 156 valence electrons. The van der Waals surface area contributed by atoms with E-state index in [0.717, 1.165) is 47.8 Å². The number of rotatable bonds is 4. The lowest BCUT2D eigenvalue weighted by Crippen LogP contribution is -2.37. The third-order valence-corrected chi connectivity index (χ3v) is 7.45. The lowest BCUT2D eigenvalue weighted by molar-refractivity contribution is -0.00545. The smallest absolute Gasteiger partial charge is 0.265 e. The van der Waals surface area contributed by atoms with E-state index >= 15 is 0 Å². The number of methoxy groups -OCH3 is 1. The van der Waals surface area contributed by atoms with Crippen LogP contribution >= 0.6 is 11.3 Å². The molecule has 0 unspecified atom stereocenters. The molecule has 1 saturated carbocycles. The second kappa shape index (κ2) is 7.92. The first-order chi connectivity index (χ1) is 14.6. The number of benzene rings is 1. The van der Waals surface area contributed by atoms with Crippen LogP contribution in [0.3, 0.4) is 0 Å². The van der Waals surface area contributed by atoms with E-state index in [1.54, 1.807) is 12.6 Å². The molecule has 2 aliphatic rings. The van der Waals surface area contributed by atoms with Gasteiger partial charge in [0.2, 0.25) is 0 Å². The van der Waals surface area contributed by atoms with Crippen molar-refractivity contribution in [2.45, 2.75) is 31.9 Å². The summed E-state index contributed by atoms with van der Waals surface area (Å²) in [5.74, 6) is 1.02. The molecule has 1 aliphatic heterocycles. The summed E-state index contributed by atoms with van der Waals surface area (Å²) in [5, 5.41) is 8.82. The van der Waals surface area contributed by atoms with E-state index in [1.807, 2.05) is 53.0 Å². The molecule has 4 atom stereocenters. The van der Waals surface area contributed by atoms with Crippen molar-refractivity contribution in [2.24, 2.45) is 11.8 Å². The number of amides is 1. The van der Waals surface area contributed by atoms with Crippen molar-refractivity contribution >= 4 is 17.2 Å². The number of hydrogen-bond acceptors (Lipinski definition) is 6. The van der Waals surface area contributed by atoms with Crippen molar-refractivity contribution < 1.29 is 9.53 Å². The van der Waals surface area contributed by atoms with E-state index in [1.165, 1.54) is 11.3 Å². The van der Waals surface area contributed by atoms with Crippen LogP contribution in [0.15, 0.2) is 42.0 Å². The van der Waals surface area contributed by atoms with E-state index in [0.29, 0.717) is 11.8 Å². The number of aryl methyl sites for hydroxylation is 1. The molecular weight excluding hydrogens is 398 g/mol. The van der Waals surface area contributed by atoms with Crippen LogP contribution in [0.4, 0.5) is 0 Å². The van der Waals surface area contributed by atoms with Crippen LogP contribution < -0.4 is 0 Å². The summed E-state index contributed by atoms with van der Waals surface area (Å²) in [6, 6.07) is 10.2. The minimum atomic E-state index is 0.0664. The minimum Gasteiger partial charge on any atom is -0.379 e. The Morgan fingerprint density at radius 1 is 1.17 bits per heavy atom. The van der Waals surface area contributed by atoms with Crippen LogP contribution in [0.2, 0.25) is 0 Å². The quantitative estimate of drug-likeness (QED) is 0.643. The van der Waals surface area contributed by atoms with Crippen molar-refractivity contribution in [2.75, 3.05) is 20.2 Å². The summed E-state index contributed by atoms with van der Waals surface area (Å²) in [6.07, 6.45) is 3.95. The van der Waals surface area contributed by atoms with Gasteiger partial charge in [0.05, 0.1) is 29.5 Å². The Morgan fingerprint density at radius 2 is 1.93 bits per heavy atom. The van der Waals surface area contributed by atoms with Crippen LogP contribution in [0, 0.1) is 18.8 Å². The summed E-state index contributed by atoms with van der Waals surface area (Å²) in [6.45, 7) is 3.48. The van der Waals surface area contributed by atoms with Crippen LogP contribution in [0.1, 0.15) is 34.2 Å². The predicted octanol–water partition coefficient (Wildman–Crippen LogP) is 3.45. The highest BCUT2D eigenvalue weighted by molar-refractivity contribution is 7.11. The molecule has 3 aromatic rings. The highest BCUT2D eigenvalue weighted by Crippen LogP contribution is 2.43. The monoisotopic (exact) mass is 423 g/mol. The van der Waals surface area contributed by atoms with Crippen LogP contribution in [-0.4, -0.2) is 57.1 Å². The van der Waals surface area contributed by atoms with Gasteiger partial charge in [-0.25, -0.2) is 9.67 Å². The molecule has 30 heavy (non-hydrogen) atoms. The lowest BCUT2D eigenvalue weighted by Gasteiger charge is -2.36. The number of carbonyl (C=O) groups is 1. The molecule has 1 amide bonds. The van der Waals surface area contributed by atoms with Crippen molar-refractivity contribution in [3.05, 3.63) is 52.6 Å². The summed E-state index contributed by atoms with van der Waals surface area (Å²) in [4.78, 5) is 20.0. The SMILES string of the molecule is CO[C@@H]1C[C@H]2CN(C(=O)c3scnc3C)C[C@H]2C[C@H]1n1cc(-c2ccccc2)nn1. The number of fused-ring (bicyclic) bond motifs is 1. The van der Waals surface area contributed by atoms with Crippen molar-refractivity contribution in [1.82, 2.24) is 24.9 Å². The molecule has 0 radical (unpaired) electrons. The number of hydrogen-bond donors (Lipinski definition) is 0. The number of carbonyl (C=O) groups excluding carboxylic acids is 1. The van der Waals surface area contributed by atoms with Gasteiger partial charge in [-0.3, -0.25) is 4.79 Å². The second-order valence-corrected chi connectivity index (χ2v) is 9.11. The molecule has 2 aromatic heterocycles. The third kappa shape index (κ3) is 3.44. The van der Waals surface area contributed by atoms with Gasteiger partial charge in [-0.2, -0.15) is 0 Å². The molecule has 0 spiro atoms. The largest absolute Gasteiger partial charge is 0.379 e. The number of nitrogens with zero attached hydrogens (tertiary/aromatic N) is 5. The van der Waals surface area contributed by atoms with E-state index in [9.17, 15) is 4.79 Å². The summed E-state index contributed by atoms with van der Waals surface area (Å²) in [7, 11) is 1.77. The molecule has 0 N–H and O–H groups in total. The fraction of sp³-hybridized carbons (Fsp3) is 0.455. The van der Waals surface area contributed by atoms with E-state index in [2.05, 4.69) is 15.3 Å². The normalized spacial score (nSPS) is 26.0. The van der Waals surface area contributed by atoms with Crippen molar-refractivity contribution in [3.8, 4) is 11.3 Å². The van der Waals surface area contributed by atoms with Gasteiger partial charge < -0.3 is 9.64 Å². The van der Waals surface area contributed by atoms with Gasteiger partial charge >= 0.3 is 0 Å². The number of likely N-dealkylation sites (tertiary alicyclic amines) is 1. The van der Waals surface area contributed by atoms with Gasteiger partial charge in [-0.15, -0.1) is 16.4 Å².